The molecule has 3 rings (SSSR count). The van der Waals surface area contributed by atoms with E-state index in [1.54, 1.807) is 4.68 Å². The van der Waals surface area contributed by atoms with E-state index < -0.39 is 0 Å². The summed E-state index contributed by atoms with van der Waals surface area (Å²) in [5.74, 6) is 0.666. The lowest BCUT2D eigenvalue weighted by atomic mass is 9.83. The fourth-order valence-corrected chi connectivity index (χ4v) is 3.73. The van der Waals surface area contributed by atoms with Crippen molar-refractivity contribution in [1.82, 2.24) is 20.0 Å². The Bertz CT molecular complexity index is 613. The summed E-state index contributed by atoms with van der Waals surface area (Å²) in [5.41, 5.74) is 2.01. The third-order valence-electron chi connectivity index (χ3n) is 5.51. The fourth-order valence-electron chi connectivity index (χ4n) is 3.73. The monoisotopic (exact) mass is 332 g/mol. The summed E-state index contributed by atoms with van der Waals surface area (Å²) in [7, 11) is 1.89. The minimum absolute atomic E-state index is 0.00914. The van der Waals surface area contributed by atoms with Crippen LogP contribution in [-0.2, 0) is 16.6 Å². The molecule has 1 atom stereocenters. The van der Waals surface area contributed by atoms with Gasteiger partial charge in [0.1, 0.15) is 0 Å². The third kappa shape index (κ3) is 3.47. The summed E-state index contributed by atoms with van der Waals surface area (Å²) in [4.78, 5) is 26.8. The summed E-state index contributed by atoms with van der Waals surface area (Å²) in [6.45, 7) is 5.39. The zero-order valence-electron chi connectivity index (χ0n) is 14.9. The van der Waals surface area contributed by atoms with E-state index in [4.69, 9.17) is 0 Å². The average molecular weight is 332 g/mol. The molecule has 2 aliphatic rings. The first kappa shape index (κ1) is 17.0. The van der Waals surface area contributed by atoms with Crippen molar-refractivity contribution in [2.75, 3.05) is 13.1 Å². The highest BCUT2D eigenvalue weighted by Gasteiger charge is 2.33. The Balaban J connectivity index is 1.49. The number of rotatable bonds is 4. The molecule has 132 valence electrons. The van der Waals surface area contributed by atoms with Crippen LogP contribution in [0.5, 0.6) is 0 Å². The number of piperidine rings is 1. The molecule has 1 saturated carbocycles. The number of carbonyl (C=O) groups excluding carboxylic acids is 2. The van der Waals surface area contributed by atoms with Crippen molar-refractivity contribution in [2.24, 2.45) is 18.9 Å². The molecule has 2 heterocycles. The molecule has 1 aromatic rings. The van der Waals surface area contributed by atoms with Crippen molar-refractivity contribution in [3.63, 3.8) is 0 Å². The molecule has 0 aromatic carbocycles. The number of hydrogen-bond acceptors (Lipinski definition) is 3. The molecular formula is C18H28N4O2. The molecule has 0 radical (unpaired) electrons. The lowest BCUT2D eigenvalue weighted by molar-refractivity contribution is -0.141. The molecule has 1 N–H and O–H groups in total. The summed E-state index contributed by atoms with van der Waals surface area (Å²) in [6.07, 6.45) is 6.76. The summed E-state index contributed by atoms with van der Waals surface area (Å²) in [6, 6.07) is -0.0409. The molecule has 0 bridgehead atoms. The molecule has 2 fully saturated rings. The van der Waals surface area contributed by atoms with Crippen LogP contribution >= 0.6 is 0 Å². The summed E-state index contributed by atoms with van der Waals surface area (Å²) in [5, 5.41) is 7.45. The molecule has 1 saturated heterocycles. The van der Waals surface area contributed by atoms with Gasteiger partial charge in [0, 0.05) is 43.7 Å². The standard InChI is InChI=1S/C18H28N4O2/c1-12(16-11-21(3)20-13(16)2)19-17(23)14-7-9-22(10-8-14)18(24)15-5-4-6-15/h11-12,14-15H,4-10H2,1-3H3,(H,19,23)/t12-/m0/s1. The minimum Gasteiger partial charge on any atom is -0.349 e. The first-order valence-corrected chi connectivity index (χ1v) is 9.05. The molecule has 1 aliphatic heterocycles. The van der Waals surface area contributed by atoms with Crippen LogP contribution in [0, 0.1) is 18.8 Å². The van der Waals surface area contributed by atoms with Crippen LogP contribution in [0.15, 0.2) is 6.20 Å². The maximum Gasteiger partial charge on any atom is 0.225 e. The van der Waals surface area contributed by atoms with Gasteiger partial charge in [0.25, 0.3) is 0 Å². The second-order valence-electron chi connectivity index (χ2n) is 7.30. The minimum atomic E-state index is -0.0409. The van der Waals surface area contributed by atoms with Gasteiger partial charge in [-0.1, -0.05) is 6.42 Å². The average Bonchev–Trinajstić information content (AvgIpc) is 2.84. The van der Waals surface area contributed by atoms with E-state index in [1.807, 2.05) is 32.0 Å². The van der Waals surface area contributed by atoms with E-state index in [0.717, 1.165) is 36.9 Å². The second-order valence-corrected chi connectivity index (χ2v) is 7.30. The first-order valence-electron chi connectivity index (χ1n) is 9.05. The Labute approximate surface area is 143 Å². The number of nitrogens with one attached hydrogen (secondary N) is 1. The Hall–Kier alpha value is -1.85. The number of nitrogens with zero attached hydrogens (tertiary/aromatic N) is 3. The fraction of sp³-hybridized carbons (Fsp3) is 0.722. The van der Waals surface area contributed by atoms with Crippen LogP contribution in [0.1, 0.15) is 56.3 Å². The van der Waals surface area contributed by atoms with Crippen LogP contribution in [0.3, 0.4) is 0 Å². The number of amides is 2. The first-order chi connectivity index (χ1) is 11.5. The van der Waals surface area contributed by atoms with E-state index in [2.05, 4.69) is 10.4 Å². The van der Waals surface area contributed by atoms with Crippen molar-refractivity contribution >= 4 is 11.8 Å². The molecule has 2 amide bonds. The Morgan fingerprint density at radius 1 is 1.21 bits per heavy atom. The predicted octanol–water partition coefficient (Wildman–Crippen LogP) is 1.94. The normalized spacial score (nSPS) is 20.5. The quantitative estimate of drug-likeness (QED) is 0.916. The smallest absolute Gasteiger partial charge is 0.225 e. The Morgan fingerprint density at radius 2 is 1.88 bits per heavy atom. The molecule has 1 aromatic heterocycles. The highest BCUT2D eigenvalue weighted by Crippen LogP contribution is 2.30. The van der Waals surface area contributed by atoms with Crippen LogP contribution in [0.4, 0.5) is 0 Å². The lowest BCUT2D eigenvalue weighted by Crippen LogP contribution is -2.46. The van der Waals surface area contributed by atoms with E-state index in [0.29, 0.717) is 19.0 Å². The van der Waals surface area contributed by atoms with E-state index in [9.17, 15) is 9.59 Å². The summed E-state index contributed by atoms with van der Waals surface area (Å²) < 4.78 is 1.78. The zero-order chi connectivity index (χ0) is 17.3. The highest BCUT2D eigenvalue weighted by molar-refractivity contribution is 5.81. The van der Waals surface area contributed by atoms with Gasteiger partial charge >= 0.3 is 0 Å². The van der Waals surface area contributed by atoms with Gasteiger partial charge in [-0.25, -0.2) is 0 Å². The van der Waals surface area contributed by atoms with Crippen LogP contribution < -0.4 is 5.32 Å². The predicted molar refractivity (Wildman–Crippen MR) is 91.1 cm³/mol. The topological polar surface area (TPSA) is 67.2 Å². The van der Waals surface area contributed by atoms with Gasteiger partial charge in [-0.3, -0.25) is 14.3 Å². The van der Waals surface area contributed by atoms with E-state index in [-0.39, 0.29) is 23.8 Å². The van der Waals surface area contributed by atoms with E-state index in [1.165, 1.54) is 6.42 Å². The largest absolute Gasteiger partial charge is 0.349 e. The van der Waals surface area contributed by atoms with E-state index >= 15 is 0 Å². The molecular weight excluding hydrogens is 304 g/mol. The SMILES string of the molecule is Cc1nn(C)cc1[C@H](C)NC(=O)C1CCN(C(=O)C2CCC2)CC1. The lowest BCUT2D eigenvalue weighted by Gasteiger charge is -2.36. The van der Waals surface area contributed by atoms with Gasteiger partial charge in [-0.2, -0.15) is 5.10 Å². The molecule has 6 nitrogen and oxygen atoms in total. The molecule has 0 spiro atoms. The van der Waals surface area contributed by atoms with Crippen LogP contribution in [-0.4, -0.2) is 39.6 Å². The van der Waals surface area contributed by atoms with Crippen molar-refractivity contribution in [3.05, 3.63) is 17.5 Å². The second kappa shape index (κ2) is 6.95. The highest BCUT2D eigenvalue weighted by atomic mass is 16.2. The maximum absolute atomic E-state index is 12.5. The Kier molecular flexibility index (Phi) is 4.92. The van der Waals surface area contributed by atoms with Gasteiger partial charge in [-0.05, 0) is 39.5 Å². The van der Waals surface area contributed by atoms with Crippen molar-refractivity contribution in [2.45, 2.75) is 52.0 Å². The number of aryl methyl sites for hydroxylation is 2. The van der Waals surface area contributed by atoms with Crippen LogP contribution in [0.2, 0.25) is 0 Å². The van der Waals surface area contributed by atoms with Gasteiger partial charge < -0.3 is 10.2 Å². The number of hydrogen-bond donors (Lipinski definition) is 1. The number of aromatic nitrogens is 2. The van der Waals surface area contributed by atoms with Crippen molar-refractivity contribution < 1.29 is 9.59 Å². The van der Waals surface area contributed by atoms with Gasteiger partial charge in [0.2, 0.25) is 11.8 Å². The Morgan fingerprint density at radius 3 is 2.38 bits per heavy atom. The molecule has 0 unspecified atom stereocenters. The molecule has 24 heavy (non-hydrogen) atoms. The summed E-state index contributed by atoms with van der Waals surface area (Å²) >= 11 is 0. The maximum atomic E-state index is 12.5. The van der Waals surface area contributed by atoms with Gasteiger partial charge in [-0.15, -0.1) is 0 Å². The third-order valence-corrected chi connectivity index (χ3v) is 5.51. The van der Waals surface area contributed by atoms with Crippen LogP contribution in [0.25, 0.3) is 0 Å². The molecule has 1 aliphatic carbocycles. The zero-order valence-corrected chi connectivity index (χ0v) is 14.9. The number of carbonyl (C=O) groups is 2. The molecule has 6 heteroatoms. The van der Waals surface area contributed by atoms with Gasteiger partial charge in [0.05, 0.1) is 11.7 Å². The van der Waals surface area contributed by atoms with Crippen molar-refractivity contribution in [1.29, 1.82) is 0 Å². The van der Waals surface area contributed by atoms with Crippen molar-refractivity contribution in [3.8, 4) is 0 Å². The van der Waals surface area contributed by atoms with Gasteiger partial charge in [0.15, 0.2) is 0 Å². The number of likely N-dealkylation sites (tertiary alicyclic amines) is 1.